The average molecular weight is 373 g/mol. The van der Waals surface area contributed by atoms with E-state index < -0.39 is 16.0 Å². The molecular formula is C19H19NO5S. The second-order valence-electron chi connectivity index (χ2n) is 5.42. The van der Waals surface area contributed by atoms with Crippen LogP contribution in [0.15, 0.2) is 41.3 Å². The Kier molecular flexibility index (Phi) is 5.58. The van der Waals surface area contributed by atoms with E-state index in [-0.39, 0.29) is 16.1 Å². The lowest BCUT2D eigenvalue weighted by Gasteiger charge is -2.24. The Balaban J connectivity index is 2.65. The van der Waals surface area contributed by atoms with Crippen LogP contribution in [0.1, 0.15) is 21.5 Å². The van der Waals surface area contributed by atoms with E-state index in [9.17, 15) is 13.2 Å². The zero-order chi connectivity index (χ0) is 19.5. The number of carbonyl (C=O) groups excluding carboxylic acids is 1. The molecule has 0 aliphatic heterocycles. The maximum atomic E-state index is 13.0. The van der Waals surface area contributed by atoms with E-state index >= 15 is 0 Å². The highest BCUT2D eigenvalue weighted by Gasteiger charge is 2.28. The summed E-state index contributed by atoms with van der Waals surface area (Å²) < 4.78 is 36.9. The molecule has 6 nitrogen and oxygen atoms in total. The third kappa shape index (κ3) is 3.37. The van der Waals surface area contributed by atoms with Crippen LogP contribution < -0.4 is 9.04 Å². The number of terminal acetylenes is 1. The van der Waals surface area contributed by atoms with Crippen molar-refractivity contribution in [1.82, 2.24) is 0 Å². The van der Waals surface area contributed by atoms with Crippen LogP contribution in [0.25, 0.3) is 0 Å². The number of carbonyl (C=O) groups is 1. The van der Waals surface area contributed by atoms with Gasteiger partial charge in [-0.15, -0.1) is 6.42 Å². The number of sulfonamides is 1. The first kappa shape index (κ1) is 19.3. The van der Waals surface area contributed by atoms with Crippen LogP contribution in [0.2, 0.25) is 0 Å². The van der Waals surface area contributed by atoms with Crippen LogP contribution in [0.5, 0.6) is 5.75 Å². The summed E-state index contributed by atoms with van der Waals surface area (Å²) in [4.78, 5) is 12.2. The normalized spacial score (nSPS) is 10.7. The second kappa shape index (κ2) is 7.50. The van der Waals surface area contributed by atoms with E-state index in [2.05, 4.69) is 5.92 Å². The first-order chi connectivity index (χ1) is 12.3. The summed E-state index contributed by atoms with van der Waals surface area (Å²) >= 11 is 0. The molecular weight excluding hydrogens is 354 g/mol. The summed E-state index contributed by atoms with van der Waals surface area (Å²) in [6.07, 6.45) is 5.48. The number of ether oxygens (including phenoxy) is 2. The maximum Gasteiger partial charge on any atom is 0.340 e. The molecule has 26 heavy (non-hydrogen) atoms. The quantitative estimate of drug-likeness (QED) is 0.595. The lowest BCUT2D eigenvalue weighted by molar-refractivity contribution is 0.0601. The lowest BCUT2D eigenvalue weighted by atomic mass is 10.0. The molecule has 0 saturated heterocycles. The van der Waals surface area contributed by atoms with E-state index in [0.29, 0.717) is 16.9 Å². The molecule has 0 heterocycles. The maximum absolute atomic E-state index is 13.0. The molecule has 2 aromatic rings. The number of benzene rings is 2. The summed E-state index contributed by atoms with van der Waals surface area (Å²) in [6.45, 7) is 1.66. The smallest absolute Gasteiger partial charge is 0.340 e. The number of hydrogen-bond donors (Lipinski definition) is 0. The molecule has 0 amide bonds. The zero-order valence-electron chi connectivity index (χ0n) is 14.9. The van der Waals surface area contributed by atoms with Crippen molar-refractivity contribution in [2.24, 2.45) is 0 Å². The summed E-state index contributed by atoms with van der Waals surface area (Å²) in [5.41, 5.74) is 1.28. The zero-order valence-corrected chi connectivity index (χ0v) is 15.8. The van der Waals surface area contributed by atoms with Crippen LogP contribution in [-0.4, -0.2) is 35.7 Å². The van der Waals surface area contributed by atoms with E-state index in [1.54, 1.807) is 25.1 Å². The fourth-order valence-electron chi connectivity index (χ4n) is 2.56. The topological polar surface area (TPSA) is 72.9 Å². The standard InChI is InChI=1S/C19H19NO5S/c1-6-14-7-12-17(19(21)25-5)18(13(14)2)20(3)26(22,23)16-10-8-15(24-4)9-11-16/h1,7-12H,2-5H3. The predicted molar refractivity (Wildman–Crippen MR) is 99.0 cm³/mol. The van der Waals surface area contributed by atoms with Gasteiger partial charge in [0.15, 0.2) is 0 Å². The van der Waals surface area contributed by atoms with Gasteiger partial charge in [0.1, 0.15) is 5.75 Å². The van der Waals surface area contributed by atoms with Crippen LogP contribution in [-0.2, 0) is 14.8 Å². The summed E-state index contributed by atoms with van der Waals surface area (Å²) in [7, 11) is 0.166. The number of anilines is 1. The van der Waals surface area contributed by atoms with Gasteiger partial charge in [-0.1, -0.05) is 5.92 Å². The van der Waals surface area contributed by atoms with E-state index in [1.165, 1.54) is 39.5 Å². The van der Waals surface area contributed by atoms with E-state index in [1.807, 2.05) is 0 Å². The van der Waals surface area contributed by atoms with Gasteiger partial charge in [-0.2, -0.15) is 0 Å². The number of nitrogens with zero attached hydrogens (tertiary/aromatic N) is 1. The summed E-state index contributed by atoms with van der Waals surface area (Å²) in [5.74, 6) is 2.38. The second-order valence-corrected chi connectivity index (χ2v) is 7.39. The molecule has 0 aliphatic carbocycles. The molecule has 0 N–H and O–H groups in total. The third-order valence-corrected chi connectivity index (χ3v) is 5.80. The van der Waals surface area contributed by atoms with Crippen molar-refractivity contribution >= 4 is 21.7 Å². The van der Waals surface area contributed by atoms with Crippen molar-refractivity contribution in [3.63, 3.8) is 0 Å². The summed E-state index contributed by atoms with van der Waals surface area (Å²) in [5, 5.41) is 0. The molecule has 136 valence electrons. The largest absolute Gasteiger partial charge is 0.497 e. The van der Waals surface area contributed by atoms with Crippen LogP contribution in [0.4, 0.5) is 5.69 Å². The highest BCUT2D eigenvalue weighted by atomic mass is 32.2. The molecule has 0 unspecified atom stereocenters. The third-order valence-electron chi connectivity index (χ3n) is 4.02. The first-order valence-electron chi connectivity index (χ1n) is 7.59. The van der Waals surface area contributed by atoms with Crippen molar-refractivity contribution in [2.75, 3.05) is 25.6 Å². The highest BCUT2D eigenvalue weighted by Crippen LogP contribution is 2.32. The van der Waals surface area contributed by atoms with Crippen LogP contribution >= 0.6 is 0 Å². The van der Waals surface area contributed by atoms with Crippen molar-refractivity contribution in [3.05, 3.63) is 53.1 Å². The molecule has 0 aromatic heterocycles. The van der Waals surface area contributed by atoms with Crippen LogP contribution in [0, 0.1) is 19.3 Å². The molecule has 0 atom stereocenters. The Hall–Kier alpha value is -2.98. The van der Waals surface area contributed by atoms with Crippen LogP contribution in [0.3, 0.4) is 0 Å². The van der Waals surface area contributed by atoms with E-state index in [4.69, 9.17) is 15.9 Å². The fourth-order valence-corrected chi connectivity index (χ4v) is 3.83. The monoisotopic (exact) mass is 373 g/mol. The molecule has 0 radical (unpaired) electrons. The number of esters is 1. The van der Waals surface area contributed by atoms with Gasteiger partial charge < -0.3 is 9.47 Å². The molecule has 2 aromatic carbocycles. The van der Waals surface area contributed by atoms with Gasteiger partial charge in [-0.05, 0) is 48.9 Å². The SMILES string of the molecule is C#Cc1ccc(C(=O)OC)c(N(C)S(=O)(=O)c2ccc(OC)cc2)c1C. The van der Waals surface area contributed by atoms with Crippen molar-refractivity contribution in [2.45, 2.75) is 11.8 Å². The highest BCUT2D eigenvalue weighted by molar-refractivity contribution is 7.92. The molecule has 0 spiro atoms. The molecule has 2 rings (SSSR count). The van der Waals surface area contributed by atoms with Gasteiger partial charge in [-0.3, -0.25) is 4.31 Å². The van der Waals surface area contributed by atoms with Gasteiger partial charge in [0.2, 0.25) is 0 Å². The number of rotatable bonds is 5. The van der Waals surface area contributed by atoms with Crippen molar-refractivity contribution in [3.8, 4) is 18.1 Å². The van der Waals surface area contributed by atoms with Gasteiger partial charge in [0.05, 0.1) is 30.4 Å². The molecule has 0 fully saturated rings. The minimum atomic E-state index is -3.93. The van der Waals surface area contributed by atoms with Gasteiger partial charge in [-0.25, -0.2) is 13.2 Å². The molecule has 0 saturated carbocycles. The Morgan fingerprint density at radius 2 is 1.73 bits per heavy atom. The predicted octanol–water partition coefficient (Wildman–Crippen LogP) is 2.60. The molecule has 0 aliphatic rings. The van der Waals surface area contributed by atoms with Crippen molar-refractivity contribution < 1.29 is 22.7 Å². The summed E-state index contributed by atoms with van der Waals surface area (Å²) in [6, 6.07) is 9.01. The minimum Gasteiger partial charge on any atom is -0.497 e. The van der Waals surface area contributed by atoms with Gasteiger partial charge in [0, 0.05) is 12.6 Å². The minimum absolute atomic E-state index is 0.0575. The Morgan fingerprint density at radius 3 is 2.23 bits per heavy atom. The molecule has 0 bridgehead atoms. The number of hydrogen-bond acceptors (Lipinski definition) is 5. The average Bonchev–Trinajstić information content (AvgIpc) is 2.66. The van der Waals surface area contributed by atoms with E-state index in [0.717, 1.165) is 4.31 Å². The van der Waals surface area contributed by atoms with Gasteiger partial charge in [0.25, 0.3) is 10.0 Å². The first-order valence-corrected chi connectivity index (χ1v) is 9.03. The van der Waals surface area contributed by atoms with Gasteiger partial charge >= 0.3 is 5.97 Å². The molecule has 7 heteroatoms. The fraction of sp³-hybridized carbons (Fsp3) is 0.211. The Morgan fingerprint density at radius 1 is 1.12 bits per heavy atom. The Bertz CT molecular complexity index is 972. The Labute approximate surface area is 153 Å². The van der Waals surface area contributed by atoms with Crippen molar-refractivity contribution in [1.29, 1.82) is 0 Å². The number of methoxy groups -OCH3 is 2. The lowest BCUT2D eigenvalue weighted by Crippen LogP contribution is -2.29.